The van der Waals surface area contributed by atoms with Crippen LogP contribution < -0.4 is 0 Å². The Hall–Kier alpha value is -1.92. The van der Waals surface area contributed by atoms with Gasteiger partial charge in [-0.2, -0.15) is 0 Å². The molecule has 0 heterocycles. The van der Waals surface area contributed by atoms with E-state index in [1.165, 1.54) is 57.8 Å². The Kier molecular flexibility index (Phi) is 19.9. The lowest BCUT2D eigenvalue weighted by atomic mass is 9.94. The van der Waals surface area contributed by atoms with Crippen LogP contribution in [0.2, 0.25) is 0 Å². The number of carbonyl (C=O) groups excluding carboxylic acids is 3. The second-order valence-electron chi connectivity index (χ2n) is 12.9. The molecule has 0 spiro atoms. The van der Waals surface area contributed by atoms with Gasteiger partial charge in [-0.05, 0) is 60.8 Å². The van der Waals surface area contributed by atoms with E-state index in [9.17, 15) is 19.2 Å². The summed E-state index contributed by atoms with van der Waals surface area (Å²) in [5.74, 6) is -2.21. The van der Waals surface area contributed by atoms with E-state index in [1.807, 2.05) is 20.8 Å². The monoisotopic (exact) mass is 554 g/mol. The van der Waals surface area contributed by atoms with Gasteiger partial charge in [0.1, 0.15) is 17.0 Å². The number of ether oxygens (including phenoxy) is 2. The van der Waals surface area contributed by atoms with Crippen LogP contribution in [0.15, 0.2) is 0 Å². The number of hydrogen-bond acceptors (Lipinski definition) is 6. The van der Waals surface area contributed by atoms with Crippen molar-refractivity contribution < 1.29 is 33.8 Å². The molecule has 0 rings (SSSR count). The molecule has 0 aromatic rings. The maximum absolute atomic E-state index is 12.4. The van der Waals surface area contributed by atoms with Crippen molar-refractivity contribution in [1.82, 2.24) is 0 Å². The molecule has 0 aliphatic heterocycles. The minimum atomic E-state index is -0.972. The first-order valence-electron chi connectivity index (χ1n) is 15.4. The average molecular weight is 555 g/mol. The van der Waals surface area contributed by atoms with Crippen LogP contribution in [0.25, 0.3) is 0 Å². The van der Waals surface area contributed by atoms with E-state index in [4.69, 9.17) is 14.6 Å². The molecule has 0 aliphatic rings. The summed E-state index contributed by atoms with van der Waals surface area (Å²) in [7, 11) is 0. The molecule has 0 amide bonds. The van der Waals surface area contributed by atoms with E-state index in [0.29, 0.717) is 12.8 Å². The molecule has 0 fully saturated rings. The minimum absolute atomic E-state index is 0.0132. The molecule has 7 nitrogen and oxygen atoms in total. The van der Waals surface area contributed by atoms with Gasteiger partial charge in [0.2, 0.25) is 0 Å². The zero-order valence-electron chi connectivity index (χ0n) is 25.9. The number of unbranched alkanes of at least 4 members (excludes halogenated alkanes) is 13. The topological polar surface area (TPSA) is 107 Å². The lowest BCUT2D eigenvalue weighted by molar-refractivity contribution is -0.161. The Balaban J connectivity index is 3.71. The maximum atomic E-state index is 12.4. The third-order valence-corrected chi connectivity index (χ3v) is 6.43. The van der Waals surface area contributed by atoms with Gasteiger partial charge in [0, 0.05) is 25.7 Å². The number of aliphatic carboxylic acids is 1. The summed E-state index contributed by atoms with van der Waals surface area (Å²) in [6.45, 7) is 11.0. The fourth-order valence-corrected chi connectivity index (χ4v) is 4.47. The molecular formula is C32H58O7. The Morgan fingerprint density at radius 1 is 0.564 bits per heavy atom. The first-order chi connectivity index (χ1) is 18.2. The smallest absolute Gasteiger partial charge is 0.309 e. The molecule has 0 aromatic heterocycles. The number of carboxylic acid groups (broad SMARTS) is 1. The first-order valence-corrected chi connectivity index (χ1v) is 15.4. The Morgan fingerprint density at radius 2 is 0.949 bits per heavy atom. The largest absolute Gasteiger partial charge is 0.481 e. The number of carbonyl (C=O) groups is 4. The summed E-state index contributed by atoms with van der Waals surface area (Å²) in [6, 6.07) is 0. The van der Waals surface area contributed by atoms with Gasteiger partial charge in [-0.3, -0.25) is 19.2 Å². The van der Waals surface area contributed by atoms with Crippen molar-refractivity contribution in [2.24, 2.45) is 5.92 Å². The van der Waals surface area contributed by atoms with Crippen LogP contribution in [0, 0.1) is 5.92 Å². The van der Waals surface area contributed by atoms with E-state index >= 15 is 0 Å². The van der Waals surface area contributed by atoms with Crippen LogP contribution in [0.5, 0.6) is 0 Å². The van der Waals surface area contributed by atoms with E-state index < -0.39 is 23.5 Å². The maximum Gasteiger partial charge on any atom is 0.309 e. The molecule has 0 unspecified atom stereocenters. The van der Waals surface area contributed by atoms with Crippen LogP contribution in [-0.2, 0) is 28.7 Å². The van der Waals surface area contributed by atoms with Gasteiger partial charge in [-0.1, -0.05) is 77.0 Å². The van der Waals surface area contributed by atoms with Crippen LogP contribution in [0.1, 0.15) is 164 Å². The fraction of sp³-hybridized carbons (Fsp3) is 0.875. The van der Waals surface area contributed by atoms with Crippen LogP contribution in [0.4, 0.5) is 0 Å². The number of ketones is 1. The number of hydrogen-bond donors (Lipinski definition) is 1. The van der Waals surface area contributed by atoms with Crippen molar-refractivity contribution >= 4 is 23.7 Å². The molecule has 1 N–H and O–H groups in total. The van der Waals surface area contributed by atoms with Crippen LogP contribution in [0.3, 0.4) is 0 Å². The van der Waals surface area contributed by atoms with E-state index in [-0.39, 0.29) is 36.6 Å². The van der Waals surface area contributed by atoms with Gasteiger partial charge in [0.05, 0.1) is 5.92 Å². The standard InChI is InChI=1S/C32H58O7/c1-31(2,3)38-29(36)22-20-18-16-14-12-10-8-7-9-11-13-15-17-19-21-27(33)25-26(23-24-28(34)35)30(37)39-32(4,5)6/h26H,7-25H2,1-6H3,(H,34,35)/t26-/m1/s1. The average Bonchev–Trinajstić information content (AvgIpc) is 2.79. The van der Waals surface area contributed by atoms with Crippen LogP contribution >= 0.6 is 0 Å². The zero-order valence-corrected chi connectivity index (χ0v) is 25.9. The predicted octanol–water partition coefficient (Wildman–Crippen LogP) is 8.35. The molecule has 0 radical (unpaired) electrons. The molecule has 0 bridgehead atoms. The zero-order chi connectivity index (χ0) is 29.7. The van der Waals surface area contributed by atoms with Crippen molar-refractivity contribution in [3.63, 3.8) is 0 Å². The first kappa shape index (κ1) is 37.1. The van der Waals surface area contributed by atoms with Gasteiger partial charge < -0.3 is 14.6 Å². The summed E-state index contributed by atoms with van der Waals surface area (Å²) in [4.78, 5) is 47.4. The summed E-state index contributed by atoms with van der Waals surface area (Å²) in [5, 5.41) is 8.95. The van der Waals surface area contributed by atoms with Crippen molar-refractivity contribution in [2.45, 2.75) is 175 Å². The third-order valence-electron chi connectivity index (χ3n) is 6.43. The highest BCUT2D eigenvalue weighted by Gasteiger charge is 2.27. The quantitative estimate of drug-likeness (QED) is 0.0998. The van der Waals surface area contributed by atoms with Gasteiger partial charge >= 0.3 is 17.9 Å². The second kappa shape index (κ2) is 20.9. The molecule has 1 atom stereocenters. The van der Waals surface area contributed by atoms with Crippen molar-refractivity contribution in [3.05, 3.63) is 0 Å². The van der Waals surface area contributed by atoms with E-state index in [0.717, 1.165) is 32.1 Å². The predicted molar refractivity (Wildman–Crippen MR) is 156 cm³/mol. The SMILES string of the molecule is CC(C)(C)OC(=O)CCCCCCCCCCCCCCCCC(=O)C[C@@H](CCC(=O)O)C(=O)OC(C)(C)C. The van der Waals surface area contributed by atoms with Crippen molar-refractivity contribution in [1.29, 1.82) is 0 Å². The lowest BCUT2D eigenvalue weighted by Crippen LogP contribution is -2.30. The van der Waals surface area contributed by atoms with Crippen molar-refractivity contribution in [2.75, 3.05) is 0 Å². The molecular weight excluding hydrogens is 496 g/mol. The Bertz CT molecular complexity index is 700. The van der Waals surface area contributed by atoms with Crippen LogP contribution in [-0.4, -0.2) is 40.0 Å². The van der Waals surface area contributed by atoms with Gasteiger partial charge in [-0.15, -0.1) is 0 Å². The molecule has 0 aromatic carbocycles. The van der Waals surface area contributed by atoms with Crippen molar-refractivity contribution in [3.8, 4) is 0 Å². The number of carboxylic acids is 1. The lowest BCUT2D eigenvalue weighted by Gasteiger charge is -2.23. The molecule has 39 heavy (non-hydrogen) atoms. The highest BCUT2D eigenvalue weighted by molar-refractivity contribution is 5.84. The second-order valence-corrected chi connectivity index (χ2v) is 12.9. The highest BCUT2D eigenvalue weighted by Crippen LogP contribution is 2.21. The van der Waals surface area contributed by atoms with Gasteiger partial charge in [0.25, 0.3) is 0 Å². The molecule has 7 heteroatoms. The molecule has 228 valence electrons. The highest BCUT2D eigenvalue weighted by atomic mass is 16.6. The Morgan fingerprint density at radius 3 is 1.33 bits per heavy atom. The Labute approximate surface area is 238 Å². The number of rotatable bonds is 23. The molecule has 0 saturated carbocycles. The summed E-state index contributed by atoms with van der Waals surface area (Å²) < 4.78 is 10.7. The van der Waals surface area contributed by atoms with Gasteiger partial charge in [0.15, 0.2) is 0 Å². The van der Waals surface area contributed by atoms with Gasteiger partial charge in [-0.25, -0.2) is 0 Å². The van der Waals surface area contributed by atoms with E-state index in [2.05, 4.69) is 0 Å². The fourth-order valence-electron chi connectivity index (χ4n) is 4.47. The normalized spacial score (nSPS) is 12.7. The summed E-state index contributed by atoms with van der Waals surface area (Å²) in [6.07, 6.45) is 17.2. The third kappa shape index (κ3) is 26.1. The number of Topliss-reactive ketones (excluding diaryl/α,β-unsaturated/α-hetero) is 1. The number of esters is 2. The molecule has 0 aliphatic carbocycles. The molecule has 0 saturated heterocycles. The van der Waals surface area contributed by atoms with E-state index in [1.54, 1.807) is 20.8 Å². The summed E-state index contributed by atoms with van der Waals surface area (Å²) >= 11 is 0. The summed E-state index contributed by atoms with van der Waals surface area (Å²) in [5.41, 5.74) is -1.05. The minimum Gasteiger partial charge on any atom is -0.481 e.